The zero-order valence-electron chi connectivity index (χ0n) is 12.9. The number of rotatable bonds is 5. The van der Waals surface area contributed by atoms with Crippen molar-refractivity contribution in [2.24, 2.45) is 5.73 Å². The molecule has 1 aliphatic heterocycles. The summed E-state index contributed by atoms with van der Waals surface area (Å²) in [5, 5.41) is 3.50. The molecular weight excluding hydrogens is 276 g/mol. The minimum atomic E-state index is -0.385. The third-order valence-corrected chi connectivity index (χ3v) is 4.20. The van der Waals surface area contributed by atoms with Gasteiger partial charge in [0.1, 0.15) is 5.82 Å². The van der Waals surface area contributed by atoms with Crippen LogP contribution in [0.15, 0.2) is 30.5 Å². The summed E-state index contributed by atoms with van der Waals surface area (Å²) in [5.41, 5.74) is 8.05. The van der Waals surface area contributed by atoms with Crippen molar-refractivity contribution in [2.75, 3.05) is 6.54 Å². The normalized spacial score (nSPS) is 17.2. The van der Waals surface area contributed by atoms with E-state index < -0.39 is 0 Å². The van der Waals surface area contributed by atoms with E-state index in [0.29, 0.717) is 11.5 Å². The van der Waals surface area contributed by atoms with Crippen LogP contribution >= 0.6 is 0 Å². The Labute approximate surface area is 130 Å². The Morgan fingerprint density at radius 1 is 1.41 bits per heavy atom. The molecule has 0 fully saturated rings. The molecule has 22 heavy (non-hydrogen) atoms. The Kier molecular flexibility index (Phi) is 4.24. The number of aromatic nitrogens is 2. The number of benzene rings is 1. The highest BCUT2D eigenvalue weighted by Crippen LogP contribution is 2.26. The van der Waals surface area contributed by atoms with E-state index in [1.165, 1.54) is 18.7 Å². The molecule has 2 heterocycles. The number of hydrogen-bond acceptors (Lipinski definition) is 3. The molecule has 1 amide bonds. The average Bonchev–Trinajstić information content (AvgIpc) is 2.89. The van der Waals surface area contributed by atoms with Crippen molar-refractivity contribution in [3.05, 3.63) is 53.1 Å². The third-order valence-electron chi connectivity index (χ3n) is 4.20. The van der Waals surface area contributed by atoms with Crippen molar-refractivity contribution in [1.82, 2.24) is 14.9 Å². The maximum absolute atomic E-state index is 11.0. The monoisotopic (exact) mass is 298 g/mol. The molecule has 5 heteroatoms. The second-order valence-electron chi connectivity index (χ2n) is 5.97. The quantitative estimate of drug-likeness (QED) is 0.886. The average molecular weight is 298 g/mol. The van der Waals surface area contributed by atoms with E-state index in [0.717, 1.165) is 30.9 Å². The van der Waals surface area contributed by atoms with Gasteiger partial charge in [-0.1, -0.05) is 12.1 Å². The molecule has 0 saturated carbocycles. The number of carbonyl (C=O) groups excluding carboxylic acids is 1. The van der Waals surface area contributed by atoms with Crippen molar-refractivity contribution in [3.8, 4) is 0 Å². The summed E-state index contributed by atoms with van der Waals surface area (Å²) in [6.45, 7) is 4.85. The highest BCUT2D eigenvalue weighted by molar-refractivity contribution is 5.92. The van der Waals surface area contributed by atoms with Crippen LogP contribution in [-0.2, 0) is 13.1 Å². The maximum Gasteiger partial charge on any atom is 0.248 e. The lowest BCUT2D eigenvalue weighted by Gasteiger charge is -2.23. The van der Waals surface area contributed by atoms with Gasteiger partial charge in [0.05, 0.1) is 5.69 Å². The van der Waals surface area contributed by atoms with E-state index in [-0.39, 0.29) is 5.91 Å². The topological polar surface area (TPSA) is 72.9 Å². The van der Waals surface area contributed by atoms with Gasteiger partial charge in [0, 0.05) is 37.3 Å². The van der Waals surface area contributed by atoms with Gasteiger partial charge in [-0.15, -0.1) is 0 Å². The maximum atomic E-state index is 11.0. The van der Waals surface area contributed by atoms with E-state index in [2.05, 4.69) is 28.0 Å². The number of nitrogens with two attached hydrogens (primary N) is 1. The van der Waals surface area contributed by atoms with Gasteiger partial charge in [0.2, 0.25) is 5.91 Å². The number of amides is 1. The Hall–Kier alpha value is -2.14. The van der Waals surface area contributed by atoms with Crippen LogP contribution in [0.3, 0.4) is 0 Å². The molecule has 1 unspecified atom stereocenters. The van der Waals surface area contributed by atoms with Crippen LogP contribution in [0, 0.1) is 6.92 Å². The number of hydrogen-bond donors (Lipinski definition) is 2. The summed E-state index contributed by atoms with van der Waals surface area (Å²) in [6, 6.07) is 7.43. The number of nitrogens with one attached hydrogen (secondary N) is 1. The molecule has 0 spiro atoms. The zero-order chi connectivity index (χ0) is 15.5. The minimum Gasteiger partial charge on any atom is -0.366 e. The Balaban J connectivity index is 1.56. The van der Waals surface area contributed by atoms with Crippen molar-refractivity contribution in [1.29, 1.82) is 0 Å². The molecule has 1 aromatic heterocycles. The summed E-state index contributed by atoms with van der Waals surface area (Å²) < 4.78 is 2.28. The number of carbonyl (C=O) groups is 1. The largest absolute Gasteiger partial charge is 0.366 e. The molecular formula is C17H22N4O. The lowest BCUT2D eigenvalue weighted by Crippen LogP contribution is -2.26. The van der Waals surface area contributed by atoms with E-state index in [1.54, 1.807) is 12.1 Å². The Morgan fingerprint density at radius 3 is 2.91 bits per heavy atom. The summed E-state index contributed by atoms with van der Waals surface area (Å²) >= 11 is 0. The fourth-order valence-electron chi connectivity index (χ4n) is 3.08. The Bertz CT molecular complexity index is 660. The second-order valence-corrected chi connectivity index (χ2v) is 5.97. The predicted molar refractivity (Wildman–Crippen MR) is 85.6 cm³/mol. The first-order chi connectivity index (χ1) is 10.6. The molecule has 1 atom stereocenters. The number of imidazole rings is 1. The van der Waals surface area contributed by atoms with Gasteiger partial charge in [-0.3, -0.25) is 4.79 Å². The standard InChI is InChI=1S/C17H22N4O/c1-12-11-21-8-2-3-15(17(21)20-12)10-19-9-13-4-6-14(7-5-13)16(18)22/h4-7,11,15,19H,2-3,8-10H2,1H3,(H2,18,22). The van der Waals surface area contributed by atoms with Crippen molar-refractivity contribution >= 4 is 5.91 Å². The molecule has 5 nitrogen and oxygen atoms in total. The van der Waals surface area contributed by atoms with Gasteiger partial charge >= 0.3 is 0 Å². The molecule has 1 aromatic carbocycles. The molecule has 0 radical (unpaired) electrons. The summed E-state index contributed by atoms with van der Waals surface area (Å²) in [7, 11) is 0. The summed E-state index contributed by atoms with van der Waals surface area (Å²) in [4.78, 5) is 15.7. The lowest BCUT2D eigenvalue weighted by molar-refractivity contribution is 0.100. The molecule has 3 rings (SSSR count). The van der Waals surface area contributed by atoms with Crippen LogP contribution in [0.4, 0.5) is 0 Å². The van der Waals surface area contributed by atoms with Crippen LogP contribution in [0.2, 0.25) is 0 Å². The number of aryl methyl sites for hydroxylation is 2. The smallest absolute Gasteiger partial charge is 0.248 e. The van der Waals surface area contributed by atoms with Gasteiger partial charge < -0.3 is 15.6 Å². The van der Waals surface area contributed by atoms with Crippen molar-refractivity contribution in [2.45, 2.75) is 38.8 Å². The first kappa shape index (κ1) is 14.8. The lowest BCUT2D eigenvalue weighted by atomic mass is 9.99. The highest BCUT2D eigenvalue weighted by atomic mass is 16.1. The first-order valence-corrected chi connectivity index (χ1v) is 7.76. The van der Waals surface area contributed by atoms with Crippen LogP contribution in [-0.4, -0.2) is 22.0 Å². The van der Waals surface area contributed by atoms with Gasteiger partial charge in [-0.25, -0.2) is 4.98 Å². The minimum absolute atomic E-state index is 0.385. The number of fused-ring (bicyclic) bond motifs is 1. The fraction of sp³-hybridized carbons (Fsp3) is 0.412. The summed E-state index contributed by atoms with van der Waals surface area (Å²) in [5.74, 6) is 1.30. The molecule has 0 aliphatic carbocycles. The van der Waals surface area contributed by atoms with Crippen molar-refractivity contribution < 1.29 is 4.79 Å². The van der Waals surface area contributed by atoms with Gasteiger partial charge in [-0.2, -0.15) is 0 Å². The van der Waals surface area contributed by atoms with Crippen LogP contribution in [0.1, 0.15) is 46.2 Å². The number of primary amides is 1. The van der Waals surface area contributed by atoms with Crippen LogP contribution in [0.25, 0.3) is 0 Å². The van der Waals surface area contributed by atoms with Crippen LogP contribution in [0.5, 0.6) is 0 Å². The molecule has 0 bridgehead atoms. The van der Waals surface area contributed by atoms with Crippen molar-refractivity contribution in [3.63, 3.8) is 0 Å². The fourth-order valence-corrected chi connectivity index (χ4v) is 3.08. The molecule has 0 saturated heterocycles. The third kappa shape index (κ3) is 3.20. The van der Waals surface area contributed by atoms with E-state index in [4.69, 9.17) is 5.73 Å². The zero-order valence-corrected chi connectivity index (χ0v) is 12.9. The van der Waals surface area contributed by atoms with Gasteiger partial charge in [0.15, 0.2) is 0 Å². The second kappa shape index (κ2) is 6.32. The predicted octanol–water partition coefficient (Wildman–Crippen LogP) is 1.96. The Morgan fingerprint density at radius 2 is 2.18 bits per heavy atom. The molecule has 2 aromatic rings. The van der Waals surface area contributed by atoms with Crippen LogP contribution < -0.4 is 11.1 Å². The summed E-state index contributed by atoms with van der Waals surface area (Å²) in [6.07, 6.45) is 4.54. The van der Waals surface area contributed by atoms with E-state index in [1.807, 2.05) is 12.1 Å². The van der Waals surface area contributed by atoms with Gasteiger partial charge in [0.25, 0.3) is 0 Å². The van der Waals surface area contributed by atoms with E-state index >= 15 is 0 Å². The van der Waals surface area contributed by atoms with E-state index in [9.17, 15) is 4.79 Å². The molecule has 3 N–H and O–H groups in total. The highest BCUT2D eigenvalue weighted by Gasteiger charge is 2.21. The molecule has 1 aliphatic rings. The SMILES string of the molecule is Cc1cn2c(n1)C(CNCc1ccc(C(N)=O)cc1)CCC2. The number of nitrogens with zero attached hydrogens (tertiary/aromatic N) is 2. The van der Waals surface area contributed by atoms with Gasteiger partial charge in [-0.05, 0) is 37.5 Å². The molecule has 116 valence electrons. The first-order valence-electron chi connectivity index (χ1n) is 7.76.